The van der Waals surface area contributed by atoms with Gasteiger partial charge in [-0.1, -0.05) is 32.0 Å². The van der Waals surface area contributed by atoms with Crippen molar-refractivity contribution >= 4 is 11.8 Å². The minimum atomic E-state index is -2.87. The van der Waals surface area contributed by atoms with Crippen molar-refractivity contribution in [3.8, 4) is 5.75 Å². The summed E-state index contributed by atoms with van der Waals surface area (Å²) in [7, 11) is 1.58. The quantitative estimate of drug-likeness (QED) is 0.780. The van der Waals surface area contributed by atoms with Gasteiger partial charge in [-0.3, -0.25) is 9.59 Å². The third-order valence-electron chi connectivity index (χ3n) is 4.21. The van der Waals surface area contributed by atoms with Gasteiger partial charge in [-0.2, -0.15) is 0 Å². The number of para-hydroxylation sites is 1. The van der Waals surface area contributed by atoms with Crippen molar-refractivity contribution in [3.63, 3.8) is 0 Å². The van der Waals surface area contributed by atoms with Crippen LogP contribution in [0.15, 0.2) is 24.3 Å². The molecule has 25 heavy (non-hydrogen) atoms. The van der Waals surface area contributed by atoms with Crippen molar-refractivity contribution in [2.45, 2.75) is 32.1 Å². The zero-order chi connectivity index (χ0) is 18.6. The van der Waals surface area contributed by atoms with Gasteiger partial charge >= 0.3 is 0 Å². The second-order valence-electron chi connectivity index (χ2n) is 6.61. The van der Waals surface area contributed by atoms with E-state index in [1.807, 2.05) is 38.1 Å². The summed E-state index contributed by atoms with van der Waals surface area (Å²) in [4.78, 5) is 25.0. The summed E-state index contributed by atoms with van der Waals surface area (Å²) in [6, 6.07) is 7.54. The molecular formula is C18H24F2N2O3. The second-order valence-corrected chi connectivity index (χ2v) is 6.61. The molecule has 1 N–H and O–H groups in total. The number of carbonyl (C=O) groups excluding carboxylic acids is 2. The zero-order valence-electron chi connectivity index (χ0n) is 14.7. The van der Waals surface area contributed by atoms with Crippen molar-refractivity contribution in [2.24, 2.45) is 5.92 Å². The van der Waals surface area contributed by atoms with Crippen molar-refractivity contribution < 1.29 is 23.1 Å². The van der Waals surface area contributed by atoms with Gasteiger partial charge < -0.3 is 15.0 Å². The Labute approximate surface area is 146 Å². The first-order chi connectivity index (χ1) is 11.7. The fourth-order valence-electron chi connectivity index (χ4n) is 2.43. The number of benzene rings is 1. The van der Waals surface area contributed by atoms with E-state index < -0.39 is 24.2 Å². The number of amides is 2. The predicted molar refractivity (Wildman–Crippen MR) is 89.7 cm³/mol. The molecule has 0 saturated heterocycles. The lowest BCUT2D eigenvalue weighted by Crippen LogP contribution is -2.39. The van der Waals surface area contributed by atoms with Crippen LogP contribution >= 0.6 is 0 Å². The first kappa shape index (κ1) is 19.1. The molecule has 138 valence electrons. The molecule has 2 amide bonds. The summed E-state index contributed by atoms with van der Waals surface area (Å²) in [6.07, 6.45) is -0.392. The third kappa shape index (κ3) is 5.14. The number of hydrogen-bond acceptors (Lipinski definition) is 3. The molecule has 1 aromatic rings. The van der Waals surface area contributed by atoms with Gasteiger partial charge in [0.05, 0.1) is 0 Å². The molecule has 0 aliphatic heterocycles. The summed E-state index contributed by atoms with van der Waals surface area (Å²) in [5.41, 5.74) is 1.02. The first-order valence-electron chi connectivity index (χ1n) is 8.33. The van der Waals surface area contributed by atoms with E-state index in [1.165, 1.54) is 4.90 Å². The van der Waals surface area contributed by atoms with Crippen LogP contribution in [0.3, 0.4) is 0 Å². The summed E-state index contributed by atoms with van der Waals surface area (Å²) in [5.74, 6) is -4.05. The summed E-state index contributed by atoms with van der Waals surface area (Å²) >= 11 is 0. The van der Waals surface area contributed by atoms with Crippen LogP contribution in [0.25, 0.3) is 0 Å². The van der Waals surface area contributed by atoms with Crippen LogP contribution in [-0.2, 0) is 9.59 Å². The molecule has 1 unspecified atom stereocenters. The van der Waals surface area contributed by atoms with Gasteiger partial charge in [0.25, 0.3) is 11.8 Å². The highest BCUT2D eigenvalue weighted by Gasteiger charge is 2.61. The minimum Gasteiger partial charge on any atom is -0.483 e. The van der Waals surface area contributed by atoms with Crippen molar-refractivity contribution in [2.75, 3.05) is 26.7 Å². The maximum Gasteiger partial charge on any atom is 0.260 e. The molecule has 1 aliphatic rings. The lowest BCUT2D eigenvalue weighted by Gasteiger charge is -2.19. The molecule has 1 saturated carbocycles. The van der Waals surface area contributed by atoms with Gasteiger partial charge in [0.2, 0.25) is 5.91 Å². The Morgan fingerprint density at radius 2 is 2.00 bits per heavy atom. The Morgan fingerprint density at radius 1 is 1.36 bits per heavy atom. The Balaban J connectivity index is 1.73. The van der Waals surface area contributed by atoms with E-state index in [4.69, 9.17) is 4.74 Å². The van der Waals surface area contributed by atoms with Crippen LogP contribution < -0.4 is 10.1 Å². The Hall–Kier alpha value is -2.18. The zero-order valence-corrected chi connectivity index (χ0v) is 14.7. The minimum absolute atomic E-state index is 0.116. The van der Waals surface area contributed by atoms with Gasteiger partial charge in [0.15, 0.2) is 6.61 Å². The van der Waals surface area contributed by atoms with E-state index in [2.05, 4.69) is 5.32 Å². The smallest absolute Gasteiger partial charge is 0.260 e. The maximum absolute atomic E-state index is 12.8. The SMILES string of the molecule is CC(C)c1ccccc1OCC(=O)N(C)CCNC(=O)C1CC1(F)F. The number of carbonyl (C=O) groups is 2. The van der Waals surface area contributed by atoms with Crippen LogP contribution in [0, 0.1) is 5.92 Å². The van der Waals surface area contributed by atoms with Crippen LogP contribution in [0.5, 0.6) is 5.75 Å². The van der Waals surface area contributed by atoms with Crippen molar-refractivity contribution in [3.05, 3.63) is 29.8 Å². The molecule has 0 radical (unpaired) electrons. The molecule has 0 bridgehead atoms. The highest BCUT2D eigenvalue weighted by atomic mass is 19.3. The van der Waals surface area contributed by atoms with Crippen molar-refractivity contribution in [1.29, 1.82) is 0 Å². The molecular weight excluding hydrogens is 330 g/mol. The van der Waals surface area contributed by atoms with E-state index in [-0.39, 0.29) is 31.5 Å². The van der Waals surface area contributed by atoms with Gasteiger partial charge in [0.1, 0.15) is 11.7 Å². The van der Waals surface area contributed by atoms with E-state index in [1.54, 1.807) is 7.05 Å². The Morgan fingerprint density at radius 3 is 2.60 bits per heavy atom. The van der Waals surface area contributed by atoms with Gasteiger partial charge in [0, 0.05) is 26.6 Å². The fraction of sp³-hybridized carbons (Fsp3) is 0.556. The fourth-order valence-corrected chi connectivity index (χ4v) is 2.43. The normalized spacial score (nSPS) is 17.9. The number of hydrogen-bond donors (Lipinski definition) is 1. The number of likely N-dealkylation sites (N-methyl/N-ethyl adjacent to an activating group) is 1. The van der Waals surface area contributed by atoms with E-state index >= 15 is 0 Å². The summed E-state index contributed by atoms with van der Waals surface area (Å²) in [5, 5.41) is 2.43. The predicted octanol–water partition coefficient (Wildman–Crippen LogP) is 2.42. The molecule has 0 spiro atoms. The average molecular weight is 354 g/mol. The molecule has 1 aromatic carbocycles. The number of nitrogens with one attached hydrogen (secondary N) is 1. The Bertz CT molecular complexity index is 635. The molecule has 0 aromatic heterocycles. The van der Waals surface area contributed by atoms with E-state index in [0.29, 0.717) is 5.75 Å². The summed E-state index contributed by atoms with van der Waals surface area (Å²) in [6.45, 7) is 4.34. The van der Waals surface area contributed by atoms with Gasteiger partial charge in [-0.15, -0.1) is 0 Å². The largest absolute Gasteiger partial charge is 0.483 e. The molecule has 1 aliphatic carbocycles. The number of nitrogens with zero attached hydrogens (tertiary/aromatic N) is 1. The third-order valence-corrected chi connectivity index (χ3v) is 4.21. The van der Waals surface area contributed by atoms with Crippen LogP contribution in [0.4, 0.5) is 8.78 Å². The van der Waals surface area contributed by atoms with Gasteiger partial charge in [-0.25, -0.2) is 8.78 Å². The highest BCUT2D eigenvalue weighted by molar-refractivity contribution is 5.83. The van der Waals surface area contributed by atoms with E-state index in [9.17, 15) is 18.4 Å². The molecule has 5 nitrogen and oxygen atoms in total. The van der Waals surface area contributed by atoms with E-state index in [0.717, 1.165) is 5.56 Å². The van der Waals surface area contributed by atoms with Crippen LogP contribution in [0.1, 0.15) is 31.7 Å². The highest BCUT2D eigenvalue weighted by Crippen LogP contribution is 2.48. The van der Waals surface area contributed by atoms with Crippen LogP contribution in [-0.4, -0.2) is 49.4 Å². The molecule has 7 heteroatoms. The first-order valence-corrected chi connectivity index (χ1v) is 8.33. The number of ether oxygens (including phenoxy) is 1. The monoisotopic (exact) mass is 354 g/mol. The lowest BCUT2D eigenvalue weighted by molar-refractivity contribution is -0.132. The van der Waals surface area contributed by atoms with Crippen LogP contribution in [0.2, 0.25) is 0 Å². The number of rotatable bonds is 8. The summed E-state index contributed by atoms with van der Waals surface area (Å²) < 4.78 is 31.1. The lowest BCUT2D eigenvalue weighted by atomic mass is 10.0. The standard InChI is InChI=1S/C18H24F2N2O3/c1-12(2)13-6-4-5-7-15(13)25-11-16(23)22(3)9-8-21-17(24)14-10-18(14,19)20/h4-7,12,14H,8-11H2,1-3H3,(H,21,24). The van der Waals surface area contributed by atoms with Crippen molar-refractivity contribution in [1.82, 2.24) is 10.2 Å². The molecule has 1 fully saturated rings. The molecule has 0 heterocycles. The topological polar surface area (TPSA) is 58.6 Å². The maximum atomic E-state index is 12.8. The number of halogens is 2. The molecule has 2 rings (SSSR count). The molecule has 1 atom stereocenters. The Kier molecular flexibility index (Phi) is 5.98. The number of alkyl halides is 2. The average Bonchev–Trinajstić information content (AvgIpc) is 3.21. The van der Waals surface area contributed by atoms with Gasteiger partial charge in [-0.05, 0) is 17.5 Å². The second kappa shape index (κ2) is 7.80.